The fraction of sp³-hybridized carbons (Fsp3) is 0.276. The number of benzene rings is 3. The normalized spacial score (nSPS) is 14.9. The number of aromatic nitrogens is 1. The molecular weight excluding hydrogens is 444 g/mol. The number of carbonyl (C=O) groups is 1. The molecule has 0 radical (unpaired) electrons. The summed E-state index contributed by atoms with van der Waals surface area (Å²) in [6.07, 6.45) is 5.04. The van der Waals surface area contributed by atoms with E-state index in [4.69, 9.17) is 0 Å². The van der Waals surface area contributed by atoms with Crippen molar-refractivity contribution in [3.8, 4) is 0 Å². The minimum absolute atomic E-state index is 0.192. The van der Waals surface area contributed by atoms with Gasteiger partial charge in [-0.1, -0.05) is 6.07 Å². The van der Waals surface area contributed by atoms with E-state index in [-0.39, 0.29) is 17.5 Å². The van der Waals surface area contributed by atoms with Gasteiger partial charge in [0.15, 0.2) is 0 Å². The van der Waals surface area contributed by atoms with Gasteiger partial charge in [0.05, 0.1) is 0 Å². The van der Waals surface area contributed by atoms with Crippen molar-refractivity contribution in [2.45, 2.75) is 32.1 Å². The summed E-state index contributed by atoms with van der Waals surface area (Å²) in [6.45, 7) is 5.05. The molecule has 0 saturated carbocycles. The lowest BCUT2D eigenvalue weighted by molar-refractivity contribution is 0.102. The molecule has 3 aromatic carbocycles. The first-order chi connectivity index (χ1) is 17.0. The van der Waals surface area contributed by atoms with Crippen molar-refractivity contribution in [2.75, 3.05) is 25.0 Å². The lowest BCUT2D eigenvalue weighted by Crippen LogP contribution is -2.34. The molecule has 0 aliphatic carbocycles. The number of anilines is 1. The second-order valence-electron chi connectivity index (χ2n) is 9.40. The summed E-state index contributed by atoms with van der Waals surface area (Å²) in [5.41, 5.74) is 5.78. The van der Waals surface area contributed by atoms with Crippen LogP contribution in [0.3, 0.4) is 0 Å². The Balaban J connectivity index is 1.17. The molecular formula is C29H29F2N3O. The number of halogens is 2. The molecule has 1 aliphatic heterocycles. The lowest BCUT2D eigenvalue weighted by Gasteiger charge is -2.32. The van der Waals surface area contributed by atoms with Crippen LogP contribution in [-0.4, -0.2) is 35.4 Å². The van der Waals surface area contributed by atoms with Crippen molar-refractivity contribution in [1.82, 2.24) is 9.88 Å². The zero-order valence-corrected chi connectivity index (χ0v) is 19.8. The molecule has 1 fully saturated rings. The van der Waals surface area contributed by atoms with Crippen molar-refractivity contribution in [3.05, 3.63) is 101 Å². The average Bonchev–Trinajstić information content (AvgIpc) is 3.28. The van der Waals surface area contributed by atoms with E-state index in [0.29, 0.717) is 11.5 Å². The van der Waals surface area contributed by atoms with E-state index < -0.39 is 0 Å². The topological polar surface area (TPSA) is 48.1 Å². The SMILES string of the molecule is Cc1ccc(NC(=O)c2ccc(F)cc2)cc1CCN1CCC(c2c[nH]c3ccc(F)cc23)CC1. The highest BCUT2D eigenvalue weighted by Crippen LogP contribution is 2.33. The molecule has 0 unspecified atom stereocenters. The van der Waals surface area contributed by atoms with Gasteiger partial charge in [0, 0.05) is 34.9 Å². The first-order valence-corrected chi connectivity index (χ1v) is 12.1. The summed E-state index contributed by atoms with van der Waals surface area (Å²) in [7, 11) is 0. The highest BCUT2D eigenvalue weighted by molar-refractivity contribution is 6.04. The van der Waals surface area contributed by atoms with E-state index in [0.717, 1.165) is 55.5 Å². The van der Waals surface area contributed by atoms with Crippen LogP contribution in [0.1, 0.15) is 45.8 Å². The molecule has 35 heavy (non-hydrogen) atoms. The Morgan fingerprint density at radius 3 is 2.51 bits per heavy atom. The first kappa shape index (κ1) is 23.2. The fourth-order valence-electron chi connectivity index (χ4n) is 5.02. The lowest BCUT2D eigenvalue weighted by atomic mass is 9.89. The molecule has 0 bridgehead atoms. The van der Waals surface area contributed by atoms with Crippen molar-refractivity contribution in [2.24, 2.45) is 0 Å². The number of likely N-dealkylation sites (tertiary alicyclic amines) is 1. The monoisotopic (exact) mass is 473 g/mol. The summed E-state index contributed by atoms with van der Waals surface area (Å²) in [5.74, 6) is -0.367. The number of H-pyrrole nitrogens is 1. The zero-order chi connectivity index (χ0) is 24.4. The minimum atomic E-state index is -0.362. The first-order valence-electron chi connectivity index (χ1n) is 12.1. The van der Waals surface area contributed by atoms with Gasteiger partial charge in [-0.2, -0.15) is 0 Å². The van der Waals surface area contributed by atoms with E-state index in [2.05, 4.69) is 22.1 Å². The van der Waals surface area contributed by atoms with Crippen LogP contribution in [0.4, 0.5) is 14.5 Å². The van der Waals surface area contributed by atoms with E-state index in [1.165, 1.54) is 47.0 Å². The van der Waals surface area contributed by atoms with Gasteiger partial charge in [-0.3, -0.25) is 4.79 Å². The van der Waals surface area contributed by atoms with Crippen molar-refractivity contribution < 1.29 is 13.6 Å². The van der Waals surface area contributed by atoms with Crippen LogP contribution in [0.5, 0.6) is 0 Å². The molecule has 1 aliphatic rings. The summed E-state index contributed by atoms with van der Waals surface area (Å²) in [4.78, 5) is 18.3. The smallest absolute Gasteiger partial charge is 0.255 e. The van der Waals surface area contributed by atoms with Crippen LogP contribution < -0.4 is 5.32 Å². The van der Waals surface area contributed by atoms with Crippen molar-refractivity contribution in [1.29, 1.82) is 0 Å². The summed E-state index contributed by atoms with van der Waals surface area (Å²) >= 11 is 0. The van der Waals surface area contributed by atoms with Crippen LogP contribution in [0, 0.1) is 18.6 Å². The Kier molecular flexibility index (Phi) is 6.64. The van der Waals surface area contributed by atoms with Gasteiger partial charge in [0.2, 0.25) is 0 Å². The molecule has 0 spiro atoms. The highest BCUT2D eigenvalue weighted by Gasteiger charge is 2.23. The average molecular weight is 474 g/mol. The Morgan fingerprint density at radius 2 is 1.74 bits per heavy atom. The molecule has 1 saturated heterocycles. The molecule has 0 atom stereocenters. The maximum Gasteiger partial charge on any atom is 0.255 e. The molecule has 1 aromatic heterocycles. The Bertz CT molecular complexity index is 1340. The molecule has 4 nitrogen and oxygen atoms in total. The third-order valence-corrected chi connectivity index (χ3v) is 7.11. The van der Waals surface area contributed by atoms with Gasteiger partial charge in [-0.05, 0) is 116 Å². The number of hydrogen-bond donors (Lipinski definition) is 2. The molecule has 1 amide bonds. The Labute approximate surface area is 204 Å². The maximum atomic E-state index is 13.8. The van der Waals surface area contributed by atoms with Gasteiger partial charge < -0.3 is 15.2 Å². The number of nitrogens with zero attached hydrogens (tertiary/aromatic N) is 1. The van der Waals surface area contributed by atoms with Crippen molar-refractivity contribution in [3.63, 3.8) is 0 Å². The van der Waals surface area contributed by atoms with Gasteiger partial charge >= 0.3 is 0 Å². The number of nitrogens with one attached hydrogen (secondary N) is 2. The standard InChI is InChI=1S/C29H29F2N3O/c1-19-2-8-25(33-29(35)21-3-5-23(30)6-4-21)16-22(19)12-15-34-13-10-20(11-14-34)27-18-32-28-9-7-24(31)17-26(27)28/h2-9,16-18,20,32H,10-15H2,1H3,(H,33,35). The molecule has 2 N–H and O–H groups in total. The quantitative estimate of drug-likeness (QED) is 0.339. The number of fused-ring (bicyclic) bond motifs is 1. The van der Waals surface area contributed by atoms with Crippen LogP contribution >= 0.6 is 0 Å². The second-order valence-corrected chi connectivity index (χ2v) is 9.40. The summed E-state index contributed by atoms with van der Waals surface area (Å²) < 4.78 is 26.9. The largest absolute Gasteiger partial charge is 0.361 e. The van der Waals surface area contributed by atoms with Crippen LogP contribution in [-0.2, 0) is 6.42 Å². The van der Waals surface area contributed by atoms with Gasteiger partial charge in [-0.15, -0.1) is 0 Å². The molecule has 4 aromatic rings. The van der Waals surface area contributed by atoms with Gasteiger partial charge in [0.25, 0.3) is 5.91 Å². The third-order valence-electron chi connectivity index (χ3n) is 7.11. The predicted molar refractivity (Wildman–Crippen MR) is 136 cm³/mol. The van der Waals surface area contributed by atoms with Gasteiger partial charge in [-0.25, -0.2) is 8.78 Å². The summed E-state index contributed by atoms with van der Waals surface area (Å²) in [6, 6.07) is 16.4. The molecule has 6 heteroatoms. The fourth-order valence-corrected chi connectivity index (χ4v) is 5.02. The van der Waals surface area contributed by atoms with E-state index >= 15 is 0 Å². The number of aromatic amines is 1. The predicted octanol–water partition coefficient (Wildman–Crippen LogP) is 6.43. The number of hydrogen-bond acceptors (Lipinski definition) is 2. The zero-order valence-electron chi connectivity index (χ0n) is 19.8. The maximum absolute atomic E-state index is 13.8. The molecule has 180 valence electrons. The third kappa shape index (κ3) is 5.28. The number of rotatable bonds is 6. The minimum Gasteiger partial charge on any atom is -0.361 e. The number of carbonyl (C=O) groups excluding carboxylic acids is 1. The Hall–Kier alpha value is -3.51. The van der Waals surface area contributed by atoms with E-state index in [1.54, 1.807) is 6.07 Å². The van der Waals surface area contributed by atoms with E-state index in [9.17, 15) is 13.6 Å². The Morgan fingerprint density at radius 1 is 1.00 bits per heavy atom. The van der Waals surface area contributed by atoms with Crippen LogP contribution in [0.25, 0.3) is 10.9 Å². The van der Waals surface area contributed by atoms with E-state index in [1.807, 2.05) is 30.5 Å². The second kappa shape index (κ2) is 10.0. The summed E-state index contributed by atoms with van der Waals surface area (Å²) in [5, 5.41) is 3.92. The van der Waals surface area contributed by atoms with Crippen LogP contribution in [0.15, 0.2) is 66.9 Å². The molecule has 5 rings (SSSR count). The number of piperidine rings is 1. The van der Waals surface area contributed by atoms with Crippen molar-refractivity contribution >= 4 is 22.5 Å². The highest BCUT2D eigenvalue weighted by atomic mass is 19.1. The number of amides is 1. The van der Waals surface area contributed by atoms with Crippen LogP contribution in [0.2, 0.25) is 0 Å². The molecule has 2 heterocycles. The number of aryl methyl sites for hydroxylation is 1. The van der Waals surface area contributed by atoms with Gasteiger partial charge in [0.1, 0.15) is 11.6 Å².